The second kappa shape index (κ2) is 10.1. The van der Waals surface area contributed by atoms with Crippen molar-refractivity contribution in [3.05, 3.63) is 76.1 Å². The van der Waals surface area contributed by atoms with Crippen LogP contribution in [0.15, 0.2) is 48.5 Å². The highest BCUT2D eigenvalue weighted by molar-refractivity contribution is 6.31. The van der Waals surface area contributed by atoms with Crippen molar-refractivity contribution in [1.82, 2.24) is 24.8 Å². The van der Waals surface area contributed by atoms with Gasteiger partial charge in [0.25, 0.3) is 5.91 Å². The van der Waals surface area contributed by atoms with Crippen LogP contribution in [-0.2, 0) is 29.1 Å². The highest BCUT2D eigenvalue weighted by Gasteiger charge is 2.32. The van der Waals surface area contributed by atoms with E-state index in [0.717, 1.165) is 16.9 Å². The second-order valence-electron chi connectivity index (χ2n) is 8.58. The first-order valence-electron chi connectivity index (χ1n) is 11.5. The molecule has 0 aliphatic carbocycles. The fourth-order valence-electron chi connectivity index (χ4n) is 4.42. The zero-order chi connectivity index (χ0) is 24.4. The van der Waals surface area contributed by atoms with Gasteiger partial charge in [-0.15, -0.1) is 5.10 Å². The molecule has 0 N–H and O–H groups in total. The molecular formula is C25H26ClN5O4. The number of nitrogens with zero attached hydrogens (tertiary/aromatic N) is 5. The Balaban J connectivity index is 1.19. The van der Waals surface area contributed by atoms with Gasteiger partial charge in [0, 0.05) is 31.2 Å². The molecule has 182 valence electrons. The van der Waals surface area contributed by atoms with Crippen molar-refractivity contribution in [3.8, 4) is 5.75 Å². The zero-order valence-corrected chi connectivity index (χ0v) is 20.1. The average molecular weight is 496 g/mol. The van der Waals surface area contributed by atoms with E-state index in [9.17, 15) is 9.59 Å². The van der Waals surface area contributed by atoms with E-state index in [-0.39, 0.29) is 30.9 Å². The zero-order valence-electron chi connectivity index (χ0n) is 19.4. The smallest absolute Gasteiger partial charge is 0.276 e. The highest BCUT2D eigenvalue weighted by Crippen LogP contribution is 2.28. The standard InChI is InChI=1S/C25H26ClN5O4/c1-34-19-8-6-17(7-9-19)22-15-31-21(16-35-22)24(27-28-31)25(33)30-12-10-29(11-13-30)23(32)14-18-4-2-3-5-20(18)26/h2-9,22H,10-16H2,1H3/t22-/m1/s1. The Bertz CT molecular complexity index is 1220. The molecule has 2 aliphatic rings. The van der Waals surface area contributed by atoms with Crippen molar-refractivity contribution in [1.29, 1.82) is 0 Å². The van der Waals surface area contributed by atoms with Crippen LogP contribution in [0.25, 0.3) is 0 Å². The molecule has 2 amide bonds. The first-order valence-corrected chi connectivity index (χ1v) is 11.9. The van der Waals surface area contributed by atoms with Gasteiger partial charge in [-0.1, -0.05) is 47.1 Å². The maximum Gasteiger partial charge on any atom is 0.276 e. The van der Waals surface area contributed by atoms with Crippen LogP contribution in [0.4, 0.5) is 0 Å². The Kier molecular flexibility index (Phi) is 6.70. The van der Waals surface area contributed by atoms with Crippen LogP contribution >= 0.6 is 11.6 Å². The lowest BCUT2D eigenvalue weighted by molar-refractivity contribution is -0.131. The summed E-state index contributed by atoms with van der Waals surface area (Å²) in [6.07, 6.45) is 0.0736. The SMILES string of the molecule is COc1ccc([C@H]2Cn3nnc(C(=O)N4CCN(C(=O)Cc5ccccc5Cl)CC4)c3CO2)cc1. The van der Waals surface area contributed by atoms with E-state index in [1.807, 2.05) is 42.5 Å². The number of halogens is 1. The molecule has 0 saturated carbocycles. The first kappa shape index (κ1) is 23.3. The summed E-state index contributed by atoms with van der Waals surface area (Å²) in [6, 6.07) is 15.1. The summed E-state index contributed by atoms with van der Waals surface area (Å²) >= 11 is 6.19. The van der Waals surface area contributed by atoms with Crippen molar-refractivity contribution in [3.63, 3.8) is 0 Å². The molecule has 2 aromatic carbocycles. The van der Waals surface area contributed by atoms with Gasteiger partial charge in [-0.05, 0) is 29.3 Å². The molecule has 5 rings (SSSR count). The normalized spacial score (nSPS) is 17.7. The number of benzene rings is 2. The third-order valence-corrected chi connectivity index (χ3v) is 6.88. The van der Waals surface area contributed by atoms with Gasteiger partial charge in [-0.3, -0.25) is 9.59 Å². The molecule has 0 radical (unpaired) electrons. The molecule has 0 unspecified atom stereocenters. The number of fused-ring (bicyclic) bond motifs is 1. The third kappa shape index (κ3) is 4.87. The van der Waals surface area contributed by atoms with Gasteiger partial charge >= 0.3 is 0 Å². The van der Waals surface area contributed by atoms with Crippen LogP contribution < -0.4 is 4.74 Å². The molecule has 0 bridgehead atoms. The molecular weight excluding hydrogens is 470 g/mol. The maximum absolute atomic E-state index is 13.2. The van der Waals surface area contributed by atoms with Gasteiger partial charge in [0.1, 0.15) is 11.9 Å². The summed E-state index contributed by atoms with van der Waals surface area (Å²) in [5.74, 6) is 0.602. The highest BCUT2D eigenvalue weighted by atomic mass is 35.5. The molecule has 10 heteroatoms. The van der Waals surface area contributed by atoms with Crippen molar-refractivity contribution in [2.24, 2.45) is 0 Å². The fourth-order valence-corrected chi connectivity index (χ4v) is 4.63. The van der Waals surface area contributed by atoms with E-state index in [0.29, 0.717) is 49.1 Å². The van der Waals surface area contributed by atoms with E-state index >= 15 is 0 Å². The summed E-state index contributed by atoms with van der Waals surface area (Å²) in [5, 5.41) is 8.98. The Morgan fingerprint density at radius 2 is 1.77 bits per heavy atom. The second-order valence-corrected chi connectivity index (χ2v) is 8.99. The topological polar surface area (TPSA) is 89.8 Å². The number of carbonyl (C=O) groups excluding carboxylic acids is 2. The van der Waals surface area contributed by atoms with Crippen LogP contribution in [-0.4, -0.2) is 69.9 Å². The van der Waals surface area contributed by atoms with E-state index in [2.05, 4.69) is 10.3 Å². The van der Waals surface area contributed by atoms with E-state index < -0.39 is 0 Å². The van der Waals surface area contributed by atoms with E-state index in [1.54, 1.807) is 27.7 Å². The number of aromatic nitrogens is 3. The third-order valence-electron chi connectivity index (χ3n) is 6.51. The van der Waals surface area contributed by atoms with Crippen molar-refractivity contribution >= 4 is 23.4 Å². The first-order chi connectivity index (χ1) is 17.0. The quantitative estimate of drug-likeness (QED) is 0.540. The minimum atomic E-state index is -0.184. The van der Waals surface area contributed by atoms with Crippen LogP contribution in [0.3, 0.4) is 0 Å². The number of hydrogen-bond donors (Lipinski definition) is 0. The number of hydrogen-bond acceptors (Lipinski definition) is 6. The van der Waals surface area contributed by atoms with Gasteiger partial charge in [-0.2, -0.15) is 0 Å². The summed E-state index contributed by atoms with van der Waals surface area (Å²) in [7, 11) is 1.63. The largest absolute Gasteiger partial charge is 0.497 e. The molecule has 3 aromatic rings. The summed E-state index contributed by atoms with van der Waals surface area (Å²) in [5.41, 5.74) is 2.81. The molecule has 35 heavy (non-hydrogen) atoms. The van der Waals surface area contributed by atoms with E-state index in [4.69, 9.17) is 21.1 Å². The van der Waals surface area contributed by atoms with Crippen LogP contribution in [0.1, 0.15) is 33.4 Å². The number of carbonyl (C=O) groups is 2. The van der Waals surface area contributed by atoms with Crippen molar-refractivity contribution in [2.75, 3.05) is 33.3 Å². The molecule has 1 aromatic heterocycles. The monoisotopic (exact) mass is 495 g/mol. The molecule has 1 saturated heterocycles. The predicted molar refractivity (Wildman–Crippen MR) is 128 cm³/mol. The van der Waals surface area contributed by atoms with Gasteiger partial charge in [0.15, 0.2) is 5.69 Å². The van der Waals surface area contributed by atoms with Crippen molar-refractivity contribution < 1.29 is 19.1 Å². The predicted octanol–water partition coefficient (Wildman–Crippen LogP) is 2.74. The molecule has 1 fully saturated rings. The van der Waals surface area contributed by atoms with Gasteiger partial charge < -0.3 is 19.3 Å². The number of amides is 2. The molecule has 2 aliphatic heterocycles. The number of methoxy groups -OCH3 is 1. The lowest BCUT2D eigenvalue weighted by atomic mass is 10.1. The number of piperazine rings is 1. The average Bonchev–Trinajstić information content (AvgIpc) is 3.33. The number of rotatable bonds is 5. The van der Waals surface area contributed by atoms with Gasteiger partial charge in [0.2, 0.25) is 5.91 Å². The van der Waals surface area contributed by atoms with Crippen LogP contribution in [0.2, 0.25) is 5.02 Å². The van der Waals surface area contributed by atoms with E-state index in [1.165, 1.54) is 0 Å². The van der Waals surface area contributed by atoms with Crippen LogP contribution in [0.5, 0.6) is 5.75 Å². The molecule has 1 atom stereocenters. The maximum atomic E-state index is 13.2. The van der Waals surface area contributed by atoms with Gasteiger partial charge in [-0.25, -0.2) is 4.68 Å². The molecule has 0 spiro atoms. The van der Waals surface area contributed by atoms with Gasteiger partial charge in [0.05, 0.1) is 32.4 Å². The minimum absolute atomic E-state index is 0.00390. The van der Waals surface area contributed by atoms with Crippen LogP contribution in [0, 0.1) is 0 Å². The number of ether oxygens (including phenoxy) is 2. The summed E-state index contributed by atoms with van der Waals surface area (Å²) < 4.78 is 13.0. The summed E-state index contributed by atoms with van der Waals surface area (Å²) in [4.78, 5) is 29.4. The Labute approximate surface area is 208 Å². The fraction of sp³-hybridized carbons (Fsp3) is 0.360. The molecule has 9 nitrogen and oxygen atoms in total. The Hall–Kier alpha value is -3.43. The Morgan fingerprint density at radius 1 is 1.06 bits per heavy atom. The lowest BCUT2D eigenvalue weighted by Gasteiger charge is -2.34. The lowest BCUT2D eigenvalue weighted by Crippen LogP contribution is -2.51. The summed E-state index contributed by atoms with van der Waals surface area (Å²) in [6.45, 7) is 2.54. The minimum Gasteiger partial charge on any atom is -0.497 e. The van der Waals surface area contributed by atoms with Crippen molar-refractivity contribution in [2.45, 2.75) is 25.7 Å². The Morgan fingerprint density at radius 3 is 2.49 bits per heavy atom. The molecule has 3 heterocycles.